The number of nitrogens with zero attached hydrogens (tertiary/aromatic N) is 3. The van der Waals surface area contributed by atoms with Crippen molar-refractivity contribution < 1.29 is 4.79 Å². The van der Waals surface area contributed by atoms with Crippen LogP contribution in [0.5, 0.6) is 0 Å². The third-order valence-electron chi connectivity index (χ3n) is 3.55. The van der Waals surface area contributed by atoms with Crippen molar-refractivity contribution in [3.05, 3.63) is 52.5 Å². The topological polar surface area (TPSA) is 79.8 Å². The zero-order valence-corrected chi connectivity index (χ0v) is 15.9. The van der Waals surface area contributed by atoms with Crippen LogP contribution < -0.4 is 10.6 Å². The van der Waals surface area contributed by atoms with Crippen LogP contribution >= 0.6 is 34.3 Å². The van der Waals surface area contributed by atoms with Gasteiger partial charge >= 0.3 is 0 Å². The first-order valence-electron chi connectivity index (χ1n) is 7.61. The van der Waals surface area contributed by atoms with E-state index in [1.807, 2.05) is 24.3 Å². The Kier molecular flexibility index (Phi) is 4.54. The van der Waals surface area contributed by atoms with E-state index in [-0.39, 0.29) is 5.91 Å². The van der Waals surface area contributed by atoms with Crippen LogP contribution in [-0.4, -0.2) is 27.9 Å². The normalized spacial score (nSPS) is 10.8. The Morgan fingerprint density at radius 2 is 2.00 bits per heavy atom. The lowest BCUT2D eigenvalue weighted by atomic mass is 10.3. The summed E-state index contributed by atoms with van der Waals surface area (Å²) >= 11 is 8.89. The van der Waals surface area contributed by atoms with E-state index in [9.17, 15) is 4.79 Å². The third kappa shape index (κ3) is 3.26. The number of amides is 1. The molecule has 4 aromatic rings. The van der Waals surface area contributed by atoms with Gasteiger partial charge in [-0.3, -0.25) is 10.1 Å². The predicted octanol–water partition coefficient (Wildman–Crippen LogP) is 4.76. The van der Waals surface area contributed by atoms with Gasteiger partial charge in [-0.2, -0.15) is 0 Å². The van der Waals surface area contributed by atoms with Gasteiger partial charge in [-0.05, 0) is 30.3 Å². The maximum atomic E-state index is 12.5. The molecule has 6 nitrogen and oxygen atoms in total. The fourth-order valence-electron chi connectivity index (χ4n) is 2.34. The van der Waals surface area contributed by atoms with E-state index in [4.69, 9.17) is 11.6 Å². The highest BCUT2D eigenvalue weighted by Gasteiger charge is 2.14. The molecule has 3 heterocycles. The smallest absolute Gasteiger partial charge is 0.267 e. The Labute approximate surface area is 161 Å². The highest BCUT2D eigenvalue weighted by molar-refractivity contribution is 7.22. The summed E-state index contributed by atoms with van der Waals surface area (Å²) in [6, 6.07) is 11.0. The van der Waals surface area contributed by atoms with Gasteiger partial charge in [0.05, 0.1) is 25.2 Å². The zero-order valence-electron chi connectivity index (χ0n) is 13.5. The van der Waals surface area contributed by atoms with Crippen LogP contribution in [-0.2, 0) is 0 Å². The standard InChI is InChI=1S/C17H12ClN5OS2/c1-19-16-20-8-7-10(21-16)11-5-6-13(25-11)15(24)23-17-22-14-9(18)3-2-4-12(14)26-17/h2-8H,1H3,(H,19,20,21)(H,22,23,24). The summed E-state index contributed by atoms with van der Waals surface area (Å²) in [5.41, 5.74) is 1.46. The van der Waals surface area contributed by atoms with E-state index >= 15 is 0 Å². The van der Waals surface area contributed by atoms with Crippen LogP contribution in [0, 0.1) is 0 Å². The minimum absolute atomic E-state index is 0.209. The number of nitrogens with one attached hydrogen (secondary N) is 2. The number of thiophene rings is 1. The fraction of sp³-hybridized carbons (Fsp3) is 0.0588. The van der Waals surface area contributed by atoms with Gasteiger partial charge in [-0.25, -0.2) is 15.0 Å². The third-order valence-corrected chi connectivity index (χ3v) is 5.90. The van der Waals surface area contributed by atoms with Crippen LogP contribution in [0.1, 0.15) is 9.67 Å². The molecule has 0 aliphatic rings. The number of carbonyl (C=O) groups excluding carboxylic acids is 1. The quantitative estimate of drug-likeness (QED) is 0.515. The summed E-state index contributed by atoms with van der Waals surface area (Å²) < 4.78 is 0.931. The van der Waals surface area contributed by atoms with Gasteiger partial charge in [-0.15, -0.1) is 11.3 Å². The van der Waals surface area contributed by atoms with Crippen molar-refractivity contribution >= 4 is 61.5 Å². The monoisotopic (exact) mass is 401 g/mol. The van der Waals surface area contributed by atoms with Gasteiger partial charge in [0.25, 0.3) is 5.91 Å². The van der Waals surface area contributed by atoms with Crippen LogP contribution in [0.15, 0.2) is 42.6 Å². The molecule has 0 bridgehead atoms. The first kappa shape index (κ1) is 16.9. The second kappa shape index (κ2) is 6.99. The number of hydrogen-bond donors (Lipinski definition) is 2. The number of para-hydroxylation sites is 1. The zero-order chi connectivity index (χ0) is 18.1. The number of aromatic nitrogens is 3. The molecule has 130 valence electrons. The Hall–Kier alpha value is -2.55. The molecule has 0 saturated heterocycles. The first-order valence-corrected chi connectivity index (χ1v) is 9.62. The number of hydrogen-bond acceptors (Lipinski definition) is 7. The van der Waals surface area contributed by atoms with Crippen molar-refractivity contribution in [1.29, 1.82) is 0 Å². The summed E-state index contributed by atoms with van der Waals surface area (Å²) in [5, 5.41) is 6.83. The number of anilines is 2. The van der Waals surface area contributed by atoms with E-state index in [0.29, 0.717) is 26.5 Å². The average Bonchev–Trinajstić information content (AvgIpc) is 3.29. The lowest BCUT2D eigenvalue weighted by Gasteiger charge is -2.00. The van der Waals surface area contributed by atoms with Crippen molar-refractivity contribution in [2.24, 2.45) is 0 Å². The van der Waals surface area contributed by atoms with E-state index in [1.54, 1.807) is 25.4 Å². The Morgan fingerprint density at radius 1 is 1.12 bits per heavy atom. The molecule has 4 rings (SSSR count). The Bertz CT molecular complexity index is 1110. The van der Waals surface area contributed by atoms with Gasteiger partial charge in [-0.1, -0.05) is 29.0 Å². The van der Waals surface area contributed by atoms with Crippen molar-refractivity contribution in [1.82, 2.24) is 15.0 Å². The molecule has 0 fully saturated rings. The largest absolute Gasteiger partial charge is 0.357 e. The molecule has 0 atom stereocenters. The minimum Gasteiger partial charge on any atom is -0.357 e. The summed E-state index contributed by atoms with van der Waals surface area (Å²) in [7, 11) is 1.76. The van der Waals surface area contributed by atoms with Crippen LogP contribution in [0.3, 0.4) is 0 Å². The first-order chi connectivity index (χ1) is 12.6. The maximum absolute atomic E-state index is 12.5. The van der Waals surface area contributed by atoms with E-state index < -0.39 is 0 Å². The average molecular weight is 402 g/mol. The summed E-state index contributed by atoms with van der Waals surface area (Å²) in [5.74, 6) is 0.326. The van der Waals surface area contributed by atoms with E-state index in [1.165, 1.54) is 22.7 Å². The number of benzene rings is 1. The molecule has 0 radical (unpaired) electrons. The van der Waals surface area contributed by atoms with Crippen molar-refractivity contribution in [3.63, 3.8) is 0 Å². The van der Waals surface area contributed by atoms with E-state index in [0.717, 1.165) is 15.3 Å². The lowest BCUT2D eigenvalue weighted by Crippen LogP contribution is -2.09. The lowest BCUT2D eigenvalue weighted by molar-refractivity contribution is 0.103. The maximum Gasteiger partial charge on any atom is 0.267 e. The highest BCUT2D eigenvalue weighted by Crippen LogP contribution is 2.32. The second-order valence-electron chi connectivity index (χ2n) is 5.24. The van der Waals surface area contributed by atoms with Gasteiger partial charge in [0.2, 0.25) is 5.95 Å². The van der Waals surface area contributed by atoms with Gasteiger partial charge in [0.15, 0.2) is 5.13 Å². The number of carbonyl (C=O) groups is 1. The Balaban J connectivity index is 1.56. The molecule has 0 aliphatic carbocycles. The second-order valence-corrected chi connectivity index (χ2v) is 7.76. The van der Waals surface area contributed by atoms with Crippen LogP contribution in [0.4, 0.5) is 11.1 Å². The molecule has 3 aromatic heterocycles. The minimum atomic E-state index is -0.209. The molecule has 1 aromatic carbocycles. The number of fused-ring (bicyclic) bond motifs is 1. The summed E-state index contributed by atoms with van der Waals surface area (Å²) in [4.78, 5) is 26.9. The molecule has 1 amide bonds. The predicted molar refractivity (Wildman–Crippen MR) is 107 cm³/mol. The number of rotatable bonds is 4. The van der Waals surface area contributed by atoms with Crippen molar-refractivity contribution in [2.75, 3.05) is 17.7 Å². The molecule has 0 aliphatic heterocycles. The molecule has 0 saturated carbocycles. The van der Waals surface area contributed by atoms with E-state index in [2.05, 4.69) is 25.6 Å². The molecular formula is C17H12ClN5OS2. The van der Waals surface area contributed by atoms with Gasteiger partial charge in [0, 0.05) is 13.2 Å². The van der Waals surface area contributed by atoms with Crippen LogP contribution in [0.2, 0.25) is 5.02 Å². The molecule has 9 heteroatoms. The summed E-state index contributed by atoms with van der Waals surface area (Å²) in [6.45, 7) is 0. The number of halogens is 1. The van der Waals surface area contributed by atoms with Crippen molar-refractivity contribution in [2.45, 2.75) is 0 Å². The molecule has 0 unspecified atom stereocenters. The van der Waals surface area contributed by atoms with Crippen LogP contribution in [0.25, 0.3) is 20.8 Å². The molecular weight excluding hydrogens is 390 g/mol. The van der Waals surface area contributed by atoms with Crippen molar-refractivity contribution in [3.8, 4) is 10.6 Å². The SMILES string of the molecule is CNc1nccc(-c2ccc(C(=O)Nc3nc4c(Cl)cccc4s3)s2)n1. The number of thiazole rings is 1. The molecule has 2 N–H and O–H groups in total. The van der Waals surface area contributed by atoms with Gasteiger partial charge in [0.1, 0.15) is 5.52 Å². The molecule has 26 heavy (non-hydrogen) atoms. The fourth-order valence-corrected chi connectivity index (χ4v) is 4.37. The highest BCUT2D eigenvalue weighted by atomic mass is 35.5. The Morgan fingerprint density at radius 3 is 2.81 bits per heavy atom. The van der Waals surface area contributed by atoms with Gasteiger partial charge < -0.3 is 5.32 Å². The molecule has 0 spiro atoms. The summed E-state index contributed by atoms with van der Waals surface area (Å²) in [6.07, 6.45) is 1.68.